The number of fused-ring (bicyclic) bond motifs is 3. The predicted molar refractivity (Wildman–Crippen MR) is 77.4 cm³/mol. The van der Waals surface area contributed by atoms with Crippen molar-refractivity contribution in [2.75, 3.05) is 25.4 Å². The van der Waals surface area contributed by atoms with Gasteiger partial charge in [0.1, 0.15) is 0 Å². The Morgan fingerprint density at radius 2 is 2.25 bits per heavy atom. The molecule has 1 aromatic heterocycles. The zero-order valence-electron chi connectivity index (χ0n) is 12.0. The molecule has 3 aliphatic heterocycles. The molecule has 4 rings (SSSR count). The molecule has 1 unspecified atom stereocenters. The molecular weight excluding hydrogens is 254 g/mol. The summed E-state index contributed by atoms with van der Waals surface area (Å²) >= 11 is 0. The zero-order chi connectivity index (χ0) is 14.1. The van der Waals surface area contributed by atoms with E-state index in [2.05, 4.69) is 27.3 Å². The van der Waals surface area contributed by atoms with Crippen molar-refractivity contribution < 1.29 is 4.79 Å². The summed E-state index contributed by atoms with van der Waals surface area (Å²) in [5.74, 6) is 0.471. The number of nitrogens with two attached hydrogens (primary N) is 1. The number of anilines is 1. The number of rotatable bonds is 4. The van der Waals surface area contributed by atoms with E-state index in [1.54, 1.807) is 0 Å². The lowest BCUT2D eigenvalue weighted by Gasteiger charge is -2.44. The van der Waals surface area contributed by atoms with E-state index in [0.29, 0.717) is 17.3 Å². The Hall–Kier alpha value is -1.56. The van der Waals surface area contributed by atoms with Gasteiger partial charge in [-0.3, -0.25) is 9.89 Å². The largest absolute Gasteiger partial charge is 0.395 e. The predicted octanol–water partition coefficient (Wildman–Crippen LogP) is 0.768. The van der Waals surface area contributed by atoms with Crippen molar-refractivity contribution in [1.82, 2.24) is 20.4 Å². The van der Waals surface area contributed by atoms with Crippen LogP contribution in [0, 0.1) is 5.92 Å². The number of carbonyl (C=O) groups is 1. The Kier molecular flexibility index (Phi) is 3.65. The first kappa shape index (κ1) is 13.4. The van der Waals surface area contributed by atoms with Gasteiger partial charge in [-0.15, -0.1) is 0 Å². The smallest absolute Gasteiger partial charge is 0.274 e. The average Bonchev–Trinajstić information content (AvgIpc) is 2.82. The SMILES string of the molecule is CCCc1[nH]nc(C(=O)NC2CN3CCC2CC3)c1N. The van der Waals surface area contributed by atoms with Gasteiger partial charge >= 0.3 is 0 Å². The lowest BCUT2D eigenvalue weighted by Crippen LogP contribution is -2.57. The summed E-state index contributed by atoms with van der Waals surface area (Å²) in [6.07, 6.45) is 4.17. The highest BCUT2D eigenvalue weighted by Gasteiger charge is 2.35. The molecule has 6 nitrogen and oxygen atoms in total. The van der Waals surface area contributed by atoms with E-state index in [9.17, 15) is 4.79 Å². The molecule has 4 N–H and O–H groups in total. The zero-order valence-corrected chi connectivity index (χ0v) is 12.0. The second-order valence-electron chi connectivity index (χ2n) is 5.93. The van der Waals surface area contributed by atoms with Crippen molar-refractivity contribution in [1.29, 1.82) is 0 Å². The van der Waals surface area contributed by atoms with E-state index in [0.717, 1.165) is 25.1 Å². The van der Waals surface area contributed by atoms with E-state index >= 15 is 0 Å². The number of H-pyrrole nitrogens is 1. The molecule has 0 aromatic carbocycles. The highest BCUT2D eigenvalue weighted by atomic mass is 16.2. The molecule has 6 heteroatoms. The Bertz CT molecular complexity index is 490. The van der Waals surface area contributed by atoms with E-state index in [1.165, 1.54) is 25.9 Å². The van der Waals surface area contributed by atoms with Crippen molar-refractivity contribution in [3.63, 3.8) is 0 Å². The first-order valence-corrected chi connectivity index (χ1v) is 7.55. The Morgan fingerprint density at radius 3 is 2.85 bits per heavy atom. The highest BCUT2D eigenvalue weighted by molar-refractivity contribution is 5.97. The minimum Gasteiger partial charge on any atom is -0.395 e. The van der Waals surface area contributed by atoms with E-state index in [4.69, 9.17) is 5.73 Å². The molecule has 3 saturated heterocycles. The van der Waals surface area contributed by atoms with Crippen LogP contribution in [-0.2, 0) is 6.42 Å². The van der Waals surface area contributed by atoms with Gasteiger partial charge in [0, 0.05) is 12.6 Å². The van der Waals surface area contributed by atoms with Crippen LogP contribution in [0.25, 0.3) is 0 Å². The molecule has 3 fully saturated rings. The Labute approximate surface area is 119 Å². The minimum absolute atomic E-state index is 0.139. The third kappa shape index (κ3) is 2.40. The number of amides is 1. The van der Waals surface area contributed by atoms with Gasteiger partial charge in [0.05, 0.1) is 11.4 Å². The molecule has 110 valence electrons. The summed E-state index contributed by atoms with van der Waals surface area (Å²) in [5, 5.41) is 10.1. The topological polar surface area (TPSA) is 87.0 Å². The number of aryl methyl sites for hydroxylation is 1. The summed E-state index contributed by atoms with van der Waals surface area (Å²) in [7, 11) is 0. The van der Waals surface area contributed by atoms with Gasteiger partial charge in [-0.1, -0.05) is 13.3 Å². The first-order chi connectivity index (χ1) is 9.69. The van der Waals surface area contributed by atoms with Gasteiger partial charge in [0.2, 0.25) is 0 Å². The van der Waals surface area contributed by atoms with Crippen LogP contribution >= 0.6 is 0 Å². The van der Waals surface area contributed by atoms with Crippen LogP contribution in [0.3, 0.4) is 0 Å². The average molecular weight is 277 g/mol. The van der Waals surface area contributed by atoms with Crippen LogP contribution in [0.1, 0.15) is 42.4 Å². The van der Waals surface area contributed by atoms with Crippen molar-refractivity contribution in [3.05, 3.63) is 11.4 Å². The molecule has 1 atom stereocenters. The van der Waals surface area contributed by atoms with Gasteiger partial charge in [0.15, 0.2) is 5.69 Å². The molecule has 4 heterocycles. The van der Waals surface area contributed by atoms with Gasteiger partial charge in [-0.05, 0) is 38.3 Å². The normalized spacial score (nSPS) is 28.6. The molecule has 1 amide bonds. The number of carbonyl (C=O) groups excluding carboxylic acids is 1. The van der Waals surface area contributed by atoms with Crippen molar-refractivity contribution >= 4 is 11.6 Å². The number of aromatic amines is 1. The number of piperidine rings is 3. The van der Waals surface area contributed by atoms with Crippen LogP contribution in [0.5, 0.6) is 0 Å². The summed E-state index contributed by atoms with van der Waals surface area (Å²) < 4.78 is 0. The molecule has 0 spiro atoms. The number of hydrogen-bond donors (Lipinski definition) is 3. The number of hydrogen-bond acceptors (Lipinski definition) is 4. The number of aromatic nitrogens is 2. The monoisotopic (exact) mass is 277 g/mol. The third-order valence-corrected chi connectivity index (χ3v) is 4.57. The second kappa shape index (κ2) is 5.44. The fourth-order valence-corrected chi connectivity index (χ4v) is 3.37. The molecular formula is C14H23N5O. The maximum absolute atomic E-state index is 12.3. The molecule has 2 bridgehead atoms. The van der Waals surface area contributed by atoms with Gasteiger partial charge in [-0.2, -0.15) is 5.10 Å². The standard InChI is InChI=1S/C14H23N5O/c1-2-3-10-12(15)13(18-17-10)14(20)16-11-8-19-6-4-9(11)5-7-19/h9,11H,2-8,15H2,1H3,(H,16,20)(H,17,18). The molecule has 20 heavy (non-hydrogen) atoms. The molecule has 0 radical (unpaired) electrons. The maximum Gasteiger partial charge on any atom is 0.274 e. The summed E-state index contributed by atoms with van der Waals surface area (Å²) in [6, 6.07) is 0.246. The number of nitrogens with one attached hydrogen (secondary N) is 2. The van der Waals surface area contributed by atoms with E-state index in [-0.39, 0.29) is 11.9 Å². The lowest BCUT2D eigenvalue weighted by atomic mass is 9.84. The maximum atomic E-state index is 12.3. The summed E-state index contributed by atoms with van der Waals surface area (Å²) in [5.41, 5.74) is 7.73. The van der Waals surface area contributed by atoms with Crippen LogP contribution in [-0.4, -0.2) is 46.7 Å². The Morgan fingerprint density at radius 1 is 1.50 bits per heavy atom. The fourth-order valence-electron chi connectivity index (χ4n) is 3.37. The van der Waals surface area contributed by atoms with Gasteiger partial charge in [0.25, 0.3) is 5.91 Å². The van der Waals surface area contributed by atoms with Crippen LogP contribution in [0.15, 0.2) is 0 Å². The van der Waals surface area contributed by atoms with Crippen LogP contribution in [0.4, 0.5) is 5.69 Å². The van der Waals surface area contributed by atoms with Gasteiger partial charge < -0.3 is 16.0 Å². The summed E-state index contributed by atoms with van der Waals surface area (Å²) in [6.45, 7) is 5.38. The Balaban J connectivity index is 1.67. The van der Waals surface area contributed by atoms with Crippen molar-refractivity contribution in [3.8, 4) is 0 Å². The third-order valence-electron chi connectivity index (χ3n) is 4.57. The first-order valence-electron chi connectivity index (χ1n) is 7.55. The number of nitrogens with zero attached hydrogens (tertiary/aromatic N) is 2. The molecule has 1 aromatic rings. The minimum atomic E-state index is -0.139. The fraction of sp³-hybridized carbons (Fsp3) is 0.714. The van der Waals surface area contributed by atoms with Crippen LogP contribution in [0.2, 0.25) is 0 Å². The molecule has 3 aliphatic rings. The lowest BCUT2D eigenvalue weighted by molar-refractivity contribution is 0.0618. The number of nitrogen functional groups attached to an aromatic ring is 1. The quantitative estimate of drug-likeness (QED) is 0.758. The molecule has 0 saturated carbocycles. The van der Waals surface area contributed by atoms with E-state index in [1.807, 2.05) is 0 Å². The summed E-state index contributed by atoms with van der Waals surface area (Å²) in [4.78, 5) is 14.8. The van der Waals surface area contributed by atoms with Crippen molar-refractivity contribution in [2.24, 2.45) is 5.92 Å². The second-order valence-corrected chi connectivity index (χ2v) is 5.93. The van der Waals surface area contributed by atoms with Gasteiger partial charge in [-0.25, -0.2) is 0 Å². The molecule has 0 aliphatic carbocycles. The van der Waals surface area contributed by atoms with Crippen molar-refractivity contribution in [2.45, 2.75) is 38.6 Å². The highest BCUT2D eigenvalue weighted by Crippen LogP contribution is 2.28. The van der Waals surface area contributed by atoms with E-state index < -0.39 is 0 Å². The van der Waals surface area contributed by atoms with Crippen LogP contribution < -0.4 is 11.1 Å².